The van der Waals surface area contributed by atoms with E-state index in [1.165, 1.54) is 50.4 Å². The van der Waals surface area contributed by atoms with Crippen LogP contribution in [0.4, 0.5) is 5.69 Å². The Bertz CT molecular complexity index is 1000. The summed E-state index contributed by atoms with van der Waals surface area (Å²) in [6.45, 7) is 3.90. The van der Waals surface area contributed by atoms with E-state index >= 15 is 0 Å². The summed E-state index contributed by atoms with van der Waals surface area (Å²) in [7, 11) is -2.37. The summed E-state index contributed by atoms with van der Waals surface area (Å²) in [4.78, 5) is 24.6. The van der Waals surface area contributed by atoms with Gasteiger partial charge in [-0.1, -0.05) is 6.92 Å². The number of benzene rings is 2. The largest absolute Gasteiger partial charge is 0.493 e. The van der Waals surface area contributed by atoms with E-state index in [0.717, 1.165) is 6.42 Å². The van der Waals surface area contributed by atoms with E-state index < -0.39 is 28.0 Å². The summed E-state index contributed by atoms with van der Waals surface area (Å²) in [5, 5.41) is 7.57. The number of carbonyl (C=O) groups excluding carboxylic acids is 2. The maximum atomic E-state index is 12.4. The second-order valence-corrected chi connectivity index (χ2v) is 7.88. The Balaban J connectivity index is 2.01. The number of methoxy groups -OCH3 is 1. The number of anilines is 1. The van der Waals surface area contributed by atoms with Gasteiger partial charge in [0.15, 0.2) is 17.6 Å². The summed E-state index contributed by atoms with van der Waals surface area (Å²) in [6, 6.07) is 9.88. The number of esters is 1. The molecule has 0 spiro atoms. The van der Waals surface area contributed by atoms with Gasteiger partial charge >= 0.3 is 5.97 Å². The van der Waals surface area contributed by atoms with Crippen molar-refractivity contribution >= 4 is 27.6 Å². The third-order valence-corrected chi connectivity index (χ3v) is 4.89. The summed E-state index contributed by atoms with van der Waals surface area (Å²) in [5.74, 6) is -0.404. The molecule has 30 heavy (non-hydrogen) atoms. The molecule has 9 nitrogen and oxygen atoms in total. The Labute approximate surface area is 175 Å². The predicted octanol–water partition coefficient (Wildman–Crippen LogP) is 2.32. The van der Waals surface area contributed by atoms with Crippen molar-refractivity contribution in [1.29, 1.82) is 0 Å². The number of rotatable bonds is 9. The van der Waals surface area contributed by atoms with Crippen LogP contribution >= 0.6 is 0 Å². The molecule has 0 bridgehead atoms. The van der Waals surface area contributed by atoms with Gasteiger partial charge in [-0.05, 0) is 55.8 Å². The highest BCUT2D eigenvalue weighted by molar-refractivity contribution is 7.89. The number of hydrogen-bond donors (Lipinski definition) is 2. The van der Waals surface area contributed by atoms with Gasteiger partial charge in [-0.25, -0.2) is 18.4 Å². The van der Waals surface area contributed by atoms with Crippen LogP contribution in [0.3, 0.4) is 0 Å². The lowest BCUT2D eigenvalue weighted by atomic mass is 10.2. The summed E-state index contributed by atoms with van der Waals surface area (Å²) in [5.41, 5.74) is 0.530. The molecule has 2 aromatic carbocycles. The molecule has 1 atom stereocenters. The molecule has 1 amide bonds. The average molecular weight is 436 g/mol. The van der Waals surface area contributed by atoms with Crippen LogP contribution in [0.25, 0.3) is 0 Å². The molecule has 3 N–H and O–H groups in total. The molecule has 0 unspecified atom stereocenters. The van der Waals surface area contributed by atoms with E-state index in [4.69, 9.17) is 19.3 Å². The number of hydrogen-bond acceptors (Lipinski definition) is 7. The van der Waals surface area contributed by atoms with Crippen LogP contribution in [0.2, 0.25) is 0 Å². The van der Waals surface area contributed by atoms with E-state index in [1.54, 1.807) is 6.07 Å². The molecule has 0 radical (unpaired) electrons. The van der Waals surface area contributed by atoms with Gasteiger partial charge in [-0.15, -0.1) is 0 Å². The number of amides is 1. The summed E-state index contributed by atoms with van der Waals surface area (Å²) >= 11 is 0. The third-order valence-electron chi connectivity index (χ3n) is 3.96. The quantitative estimate of drug-likeness (QED) is 0.576. The Hall–Kier alpha value is -3.11. The molecular formula is C20H24N2O7S. The van der Waals surface area contributed by atoms with Crippen molar-refractivity contribution in [3.63, 3.8) is 0 Å². The number of primary sulfonamides is 1. The van der Waals surface area contributed by atoms with E-state index in [1.807, 2.05) is 6.92 Å². The van der Waals surface area contributed by atoms with E-state index in [0.29, 0.717) is 23.8 Å². The topological polar surface area (TPSA) is 134 Å². The van der Waals surface area contributed by atoms with Crippen LogP contribution in [0, 0.1) is 0 Å². The number of sulfonamides is 1. The fourth-order valence-corrected chi connectivity index (χ4v) is 2.90. The van der Waals surface area contributed by atoms with Crippen LogP contribution in [0.1, 0.15) is 30.6 Å². The lowest BCUT2D eigenvalue weighted by Gasteiger charge is -2.15. The zero-order chi connectivity index (χ0) is 22.3. The van der Waals surface area contributed by atoms with Crippen LogP contribution < -0.4 is 19.9 Å². The number of ether oxygens (including phenoxy) is 3. The first-order valence-corrected chi connectivity index (χ1v) is 10.7. The summed E-state index contributed by atoms with van der Waals surface area (Å²) < 4.78 is 38.5. The minimum absolute atomic E-state index is 0.0831. The maximum absolute atomic E-state index is 12.4. The lowest BCUT2D eigenvalue weighted by molar-refractivity contribution is -0.123. The first-order chi connectivity index (χ1) is 14.2. The van der Waals surface area contributed by atoms with E-state index in [2.05, 4.69) is 5.32 Å². The zero-order valence-electron chi connectivity index (χ0n) is 16.9. The van der Waals surface area contributed by atoms with Gasteiger partial charge in [0.25, 0.3) is 5.91 Å². The fourth-order valence-electron chi connectivity index (χ4n) is 2.38. The van der Waals surface area contributed by atoms with Gasteiger partial charge in [-0.2, -0.15) is 0 Å². The molecule has 10 heteroatoms. The number of nitrogens with one attached hydrogen (secondary N) is 1. The fraction of sp³-hybridized carbons (Fsp3) is 0.300. The zero-order valence-corrected chi connectivity index (χ0v) is 17.7. The molecule has 0 heterocycles. The van der Waals surface area contributed by atoms with Crippen LogP contribution in [-0.2, 0) is 19.6 Å². The van der Waals surface area contributed by atoms with Gasteiger partial charge in [0, 0.05) is 5.69 Å². The SMILES string of the molecule is CCCOc1ccc(C(=O)O[C@H](C)C(=O)Nc2ccc(S(N)(=O)=O)cc2)cc1OC. The summed E-state index contributed by atoms with van der Waals surface area (Å²) in [6.07, 6.45) is -0.276. The monoisotopic (exact) mass is 436 g/mol. The highest BCUT2D eigenvalue weighted by atomic mass is 32.2. The van der Waals surface area contributed by atoms with Crippen molar-refractivity contribution in [3.8, 4) is 11.5 Å². The first kappa shape index (κ1) is 23.2. The van der Waals surface area contributed by atoms with Crippen molar-refractivity contribution in [3.05, 3.63) is 48.0 Å². The first-order valence-electron chi connectivity index (χ1n) is 9.11. The van der Waals surface area contributed by atoms with Crippen molar-refractivity contribution in [2.75, 3.05) is 19.0 Å². The molecule has 0 fully saturated rings. The van der Waals surface area contributed by atoms with Gasteiger partial charge in [-0.3, -0.25) is 4.79 Å². The highest BCUT2D eigenvalue weighted by Crippen LogP contribution is 2.28. The van der Waals surface area contributed by atoms with E-state index in [-0.39, 0.29) is 10.5 Å². The number of nitrogens with two attached hydrogens (primary N) is 1. The molecule has 2 aromatic rings. The molecule has 2 rings (SSSR count). The third kappa shape index (κ3) is 6.19. The maximum Gasteiger partial charge on any atom is 0.339 e. The Morgan fingerprint density at radius 2 is 1.77 bits per heavy atom. The van der Waals surface area contributed by atoms with Gasteiger partial charge in [0.05, 0.1) is 24.2 Å². The lowest BCUT2D eigenvalue weighted by Crippen LogP contribution is -2.30. The molecule has 0 aliphatic rings. The molecular weight excluding hydrogens is 412 g/mol. The minimum Gasteiger partial charge on any atom is -0.493 e. The van der Waals surface area contributed by atoms with Gasteiger partial charge < -0.3 is 19.5 Å². The smallest absolute Gasteiger partial charge is 0.339 e. The number of carbonyl (C=O) groups is 2. The van der Waals surface area contributed by atoms with Gasteiger partial charge in [0.2, 0.25) is 10.0 Å². The van der Waals surface area contributed by atoms with Crippen molar-refractivity contribution in [2.24, 2.45) is 5.14 Å². The Kier molecular flexibility index (Phi) is 7.79. The predicted molar refractivity (Wildman–Crippen MR) is 110 cm³/mol. The van der Waals surface area contributed by atoms with Gasteiger partial charge in [0.1, 0.15) is 0 Å². The minimum atomic E-state index is -3.83. The molecule has 162 valence electrons. The van der Waals surface area contributed by atoms with Crippen LogP contribution in [0.15, 0.2) is 47.4 Å². The van der Waals surface area contributed by atoms with Crippen molar-refractivity contribution in [1.82, 2.24) is 0 Å². The average Bonchev–Trinajstić information content (AvgIpc) is 2.71. The Morgan fingerprint density at radius 1 is 1.10 bits per heavy atom. The normalized spacial score (nSPS) is 12.0. The molecule has 0 saturated heterocycles. The Morgan fingerprint density at radius 3 is 2.33 bits per heavy atom. The molecule has 0 saturated carbocycles. The van der Waals surface area contributed by atoms with Crippen molar-refractivity contribution in [2.45, 2.75) is 31.3 Å². The molecule has 0 aromatic heterocycles. The highest BCUT2D eigenvalue weighted by Gasteiger charge is 2.20. The standard InChI is InChI=1S/C20H24N2O7S/c1-4-11-28-17-10-5-14(12-18(17)27-3)20(24)29-13(2)19(23)22-15-6-8-16(9-7-15)30(21,25)26/h5-10,12-13H,4,11H2,1-3H3,(H,22,23)(H2,21,25,26)/t13-/m1/s1. The molecule has 0 aliphatic carbocycles. The van der Waals surface area contributed by atoms with Crippen molar-refractivity contribution < 1.29 is 32.2 Å². The second-order valence-electron chi connectivity index (χ2n) is 6.32. The van der Waals surface area contributed by atoms with Crippen LogP contribution in [-0.4, -0.2) is 40.1 Å². The van der Waals surface area contributed by atoms with Crippen LogP contribution in [0.5, 0.6) is 11.5 Å². The molecule has 0 aliphatic heterocycles. The van der Waals surface area contributed by atoms with E-state index in [9.17, 15) is 18.0 Å². The second kappa shape index (κ2) is 10.1.